The number of carbonyl (C=O) groups is 1. The molecule has 1 aliphatic rings. The van der Waals surface area contributed by atoms with Crippen molar-refractivity contribution in [2.75, 3.05) is 11.9 Å². The second kappa shape index (κ2) is 6.97. The Kier molecular flexibility index (Phi) is 4.78. The number of fused-ring (bicyclic) bond motifs is 1. The summed E-state index contributed by atoms with van der Waals surface area (Å²) in [5, 5.41) is 8.08. The zero-order chi connectivity index (χ0) is 15.4. The molecule has 0 spiro atoms. The van der Waals surface area contributed by atoms with Crippen molar-refractivity contribution in [2.24, 2.45) is 0 Å². The predicted octanol–water partition coefficient (Wildman–Crippen LogP) is 4.30. The van der Waals surface area contributed by atoms with Crippen LogP contribution in [0.5, 0.6) is 0 Å². The summed E-state index contributed by atoms with van der Waals surface area (Å²) in [4.78, 5) is 13.5. The lowest BCUT2D eigenvalue weighted by Gasteiger charge is -2.13. The number of hydrogen-bond donors (Lipinski definition) is 2. The molecule has 4 heteroatoms. The zero-order valence-corrected chi connectivity index (χ0v) is 13.8. The third-order valence-corrected chi connectivity index (χ3v) is 5.28. The largest absolute Gasteiger partial charge is 0.338 e. The number of benzene rings is 1. The molecule has 3 rings (SSSR count). The van der Waals surface area contributed by atoms with E-state index in [4.69, 9.17) is 0 Å². The molecular formula is C18H22N2OS. The number of urea groups is 1. The molecule has 0 aliphatic heterocycles. The summed E-state index contributed by atoms with van der Waals surface area (Å²) in [6.07, 6.45) is 6.00. The molecule has 0 radical (unpaired) electrons. The Morgan fingerprint density at radius 2 is 1.95 bits per heavy atom. The van der Waals surface area contributed by atoms with Crippen LogP contribution in [-0.2, 0) is 19.3 Å². The average Bonchev–Trinajstić information content (AvgIpc) is 2.93. The first-order valence-corrected chi connectivity index (χ1v) is 8.80. The second-order valence-corrected chi connectivity index (χ2v) is 6.83. The van der Waals surface area contributed by atoms with Gasteiger partial charge in [0, 0.05) is 17.1 Å². The fraction of sp³-hybridized carbons (Fsp3) is 0.389. The molecule has 1 heterocycles. The van der Waals surface area contributed by atoms with Crippen molar-refractivity contribution in [3.05, 3.63) is 51.2 Å². The van der Waals surface area contributed by atoms with E-state index >= 15 is 0 Å². The molecule has 0 unspecified atom stereocenters. The lowest BCUT2D eigenvalue weighted by molar-refractivity contribution is 0.252. The topological polar surface area (TPSA) is 41.1 Å². The van der Waals surface area contributed by atoms with Gasteiger partial charge < -0.3 is 10.6 Å². The van der Waals surface area contributed by atoms with E-state index in [0.29, 0.717) is 6.54 Å². The first kappa shape index (κ1) is 15.1. The SMILES string of the molecule is Cc1ccc(NC(=O)NCCc2csc3c2CCCC3)cc1. The second-order valence-electron chi connectivity index (χ2n) is 5.87. The number of hydrogen-bond acceptors (Lipinski definition) is 2. The van der Waals surface area contributed by atoms with Gasteiger partial charge in [0.15, 0.2) is 0 Å². The number of amides is 2. The number of carbonyl (C=O) groups excluding carboxylic acids is 1. The van der Waals surface area contributed by atoms with E-state index in [2.05, 4.69) is 16.0 Å². The molecule has 116 valence electrons. The van der Waals surface area contributed by atoms with Crippen LogP contribution in [0.3, 0.4) is 0 Å². The van der Waals surface area contributed by atoms with Crippen molar-refractivity contribution in [1.82, 2.24) is 5.32 Å². The van der Waals surface area contributed by atoms with E-state index in [1.807, 2.05) is 42.5 Å². The summed E-state index contributed by atoms with van der Waals surface area (Å²) >= 11 is 1.89. The molecule has 1 aromatic carbocycles. The van der Waals surface area contributed by atoms with Crippen LogP contribution in [0.4, 0.5) is 10.5 Å². The standard InChI is InChI=1S/C18H22N2OS/c1-13-6-8-15(9-7-13)20-18(21)19-11-10-14-12-22-17-5-3-2-4-16(14)17/h6-9,12H,2-5,10-11H2,1H3,(H2,19,20,21). The van der Waals surface area contributed by atoms with Crippen LogP contribution in [0.15, 0.2) is 29.6 Å². The van der Waals surface area contributed by atoms with Crippen LogP contribution in [0, 0.1) is 6.92 Å². The third kappa shape index (κ3) is 3.69. The number of nitrogens with one attached hydrogen (secondary N) is 2. The van der Waals surface area contributed by atoms with Crippen LogP contribution in [0.1, 0.15) is 34.4 Å². The van der Waals surface area contributed by atoms with Crippen molar-refractivity contribution in [1.29, 1.82) is 0 Å². The lowest BCUT2D eigenvalue weighted by atomic mass is 9.95. The van der Waals surface area contributed by atoms with Crippen LogP contribution >= 0.6 is 11.3 Å². The summed E-state index contributed by atoms with van der Waals surface area (Å²) in [6.45, 7) is 2.71. The smallest absolute Gasteiger partial charge is 0.319 e. The minimum absolute atomic E-state index is 0.132. The van der Waals surface area contributed by atoms with Crippen molar-refractivity contribution in [2.45, 2.75) is 39.0 Å². The molecule has 0 saturated heterocycles. The molecule has 22 heavy (non-hydrogen) atoms. The molecule has 2 aromatic rings. The number of rotatable bonds is 4. The Morgan fingerprint density at radius 1 is 1.18 bits per heavy atom. The summed E-state index contributed by atoms with van der Waals surface area (Å²) in [5.41, 5.74) is 5.00. The number of anilines is 1. The molecular weight excluding hydrogens is 292 g/mol. The molecule has 0 saturated carbocycles. The Bertz CT molecular complexity index is 646. The Balaban J connectivity index is 1.47. The van der Waals surface area contributed by atoms with Crippen LogP contribution in [0.2, 0.25) is 0 Å². The molecule has 3 nitrogen and oxygen atoms in total. The van der Waals surface area contributed by atoms with Crippen molar-refractivity contribution in [3.8, 4) is 0 Å². The third-order valence-electron chi connectivity index (χ3n) is 4.14. The maximum Gasteiger partial charge on any atom is 0.319 e. The van der Waals surface area contributed by atoms with Gasteiger partial charge in [-0.2, -0.15) is 0 Å². The Hall–Kier alpha value is -1.81. The maximum absolute atomic E-state index is 11.9. The summed E-state index contributed by atoms with van der Waals surface area (Å²) in [5.74, 6) is 0. The van der Waals surface area contributed by atoms with E-state index in [1.165, 1.54) is 36.8 Å². The molecule has 0 fully saturated rings. The molecule has 1 aliphatic carbocycles. The highest BCUT2D eigenvalue weighted by Gasteiger charge is 2.15. The van der Waals surface area contributed by atoms with Gasteiger partial charge in [0.1, 0.15) is 0 Å². The van der Waals surface area contributed by atoms with Crippen LogP contribution in [0.25, 0.3) is 0 Å². The number of thiophene rings is 1. The Morgan fingerprint density at radius 3 is 2.77 bits per heavy atom. The summed E-state index contributed by atoms with van der Waals surface area (Å²) < 4.78 is 0. The quantitative estimate of drug-likeness (QED) is 0.868. The molecule has 2 amide bonds. The van der Waals surface area contributed by atoms with Gasteiger partial charge in [0.25, 0.3) is 0 Å². The maximum atomic E-state index is 11.9. The first-order chi connectivity index (χ1) is 10.7. The van der Waals surface area contributed by atoms with Gasteiger partial charge >= 0.3 is 6.03 Å². The highest BCUT2D eigenvalue weighted by atomic mass is 32.1. The van der Waals surface area contributed by atoms with E-state index in [-0.39, 0.29) is 6.03 Å². The fourth-order valence-corrected chi connectivity index (χ4v) is 4.08. The van der Waals surface area contributed by atoms with E-state index in [9.17, 15) is 4.79 Å². The zero-order valence-electron chi connectivity index (χ0n) is 12.9. The van der Waals surface area contributed by atoms with Crippen molar-refractivity contribution >= 4 is 23.1 Å². The predicted molar refractivity (Wildman–Crippen MR) is 92.9 cm³/mol. The molecule has 0 bridgehead atoms. The molecule has 2 N–H and O–H groups in total. The van der Waals surface area contributed by atoms with Gasteiger partial charge in [-0.05, 0) is 67.7 Å². The lowest BCUT2D eigenvalue weighted by Crippen LogP contribution is -2.30. The van der Waals surface area contributed by atoms with Crippen molar-refractivity contribution < 1.29 is 4.79 Å². The van der Waals surface area contributed by atoms with Gasteiger partial charge in [-0.15, -0.1) is 11.3 Å². The van der Waals surface area contributed by atoms with Gasteiger partial charge in [-0.25, -0.2) is 4.79 Å². The Labute approximate surface area is 135 Å². The van der Waals surface area contributed by atoms with Gasteiger partial charge in [0.05, 0.1) is 0 Å². The monoisotopic (exact) mass is 314 g/mol. The highest BCUT2D eigenvalue weighted by Crippen LogP contribution is 2.30. The fourth-order valence-electron chi connectivity index (χ4n) is 2.89. The molecule has 1 aromatic heterocycles. The first-order valence-electron chi connectivity index (χ1n) is 7.92. The highest BCUT2D eigenvalue weighted by molar-refractivity contribution is 7.10. The van der Waals surface area contributed by atoms with Crippen LogP contribution in [-0.4, -0.2) is 12.6 Å². The summed E-state index contributed by atoms with van der Waals surface area (Å²) in [6, 6.07) is 7.70. The number of aryl methyl sites for hydroxylation is 2. The van der Waals surface area contributed by atoms with Gasteiger partial charge in [-0.1, -0.05) is 17.7 Å². The normalized spacial score (nSPS) is 13.5. The van der Waals surface area contributed by atoms with Crippen molar-refractivity contribution in [3.63, 3.8) is 0 Å². The van der Waals surface area contributed by atoms with Gasteiger partial charge in [0.2, 0.25) is 0 Å². The molecule has 0 atom stereocenters. The summed E-state index contributed by atoms with van der Waals surface area (Å²) in [7, 11) is 0. The van der Waals surface area contributed by atoms with E-state index in [0.717, 1.165) is 12.1 Å². The minimum Gasteiger partial charge on any atom is -0.338 e. The average molecular weight is 314 g/mol. The minimum atomic E-state index is -0.132. The van der Waals surface area contributed by atoms with Gasteiger partial charge in [-0.3, -0.25) is 0 Å². The van der Waals surface area contributed by atoms with Crippen LogP contribution < -0.4 is 10.6 Å². The van der Waals surface area contributed by atoms with E-state index in [1.54, 1.807) is 10.4 Å². The van der Waals surface area contributed by atoms with E-state index < -0.39 is 0 Å².